The molecule has 0 atom stereocenters. The molecule has 3 amide bonds. The minimum absolute atomic E-state index is 0.313. The molecule has 0 aliphatic heterocycles. The molecule has 0 saturated carbocycles. The number of nitrogens with zero attached hydrogens (tertiary/aromatic N) is 4. The molecule has 20 heavy (non-hydrogen) atoms. The zero-order valence-electron chi connectivity index (χ0n) is 10.7. The first-order valence-corrected chi connectivity index (χ1v) is 5.86. The average molecular weight is 284 g/mol. The molecule has 10 heteroatoms. The number of aryl methyl sites for hydroxylation is 1. The van der Waals surface area contributed by atoms with Gasteiger partial charge in [-0.05, 0) is 6.42 Å². The van der Waals surface area contributed by atoms with Gasteiger partial charge in [0.05, 0.1) is 6.20 Å². The summed E-state index contributed by atoms with van der Waals surface area (Å²) in [6, 6.07) is -0.648. The lowest BCUT2D eigenvalue weighted by Gasteiger charge is -2.19. The van der Waals surface area contributed by atoms with Crippen LogP contribution in [-0.4, -0.2) is 62.5 Å². The van der Waals surface area contributed by atoms with Gasteiger partial charge in [0, 0.05) is 19.3 Å². The van der Waals surface area contributed by atoms with Gasteiger partial charge >= 0.3 is 12.0 Å². The molecule has 0 bridgehead atoms. The maximum Gasteiger partial charge on any atom is 0.323 e. The molecule has 0 unspecified atom stereocenters. The molecule has 1 aromatic heterocycles. The van der Waals surface area contributed by atoms with E-state index in [2.05, 4.69) is 15.6 Å². The van der Waals surface area contributed by atoms with Crippen molar-refractivity contribution in [3.8, 4) is 0 Å². The number of carboxylic acids is 1. The lowest BCUT2D eigenvalue weighted by molar-refractivity contribution is -0.137. The van der Waals surface area contributed by atoms with Crippen molar-refractivity contribution in [1.29, 1.82) is 0 Å². The van der Waals surface area contributed by atoms with Crippen molar-refractivity contribution in [2.75, 3.05) is 19.6 Å². The third kappa shape index (κ3) is 5.80. The van der Waals surface area contributed by atoms with Crippen LogP contribution in [0.4, 0.5) is 4.79 Å². The van der Waals surface area contributed by atoms with Crippen LogP contribution in [0.1, 0.15) is 6.42 Å². The normalized spacial score (nSPS) is 10.0. The van der Waals surface area contributed by atoms with Crippen molar-refractivity contribution in [2.24, 2.45) is 5.73 Å². The van der Waals surface area contributed by atoms with Crippen molar-refractivity contribution < 1.29 is 19.5 Å². The predicted molar refractivity (Wildman–Crippen MR) is 66.4 cm³/mol. The van der Waals surface area contributed by atoms with Gasteiger partial charge < -0.3 is 21.1 Å². The number of primary amides is 1. The summed E-state index contributed by atoms with van der Waals surface area (Å²) < 4.78 is 1.60. The minimum atomic E-state index is -1.22. The zero-order chi connectivity index (χ0) is 15.0. The van der Waals surface area contributed by atoms with Crippen LogP contribution >= 0.6 is 0 Å². The van der Waals surface area contributed by atoms with E-state index in [0.717, 1.165) is 4.90 Å². The van der Waals surface area contributed by atoms with Gasteiger partial charge in [-0.1, -0.05) is 5.21 Å². The van der Waals surface area contributed by atoms with Gasteiger partial charge in [0.15, 0.2) is 0 Å². The summed E-state index contributed by atoms with van der Waals surface area (Å²) in [4.78, 5) is 33.9. The van der Waals surface area contributed by atoms with Gasteiger partial charge in [0.1, 0.15) is 13.1 Å². The first kappa shape index (κ1) is 15.4. The molecule has 1 aromatic rings. The fourth-order valence-electron chi connectivity index (χ4n) is 1.45. The zero-order valence-corrected chi connectivity index (χ0v) is 10.7. The summed E-state index contributed by atoms with van der Waals surface area (Å²) in [7, 11) is 0. The highest BCUT2D eigenvalue weighted by atomic mass is 16.4. The van der Waals surface area contributed by atoms with Crippen molar-refractivity contribution >= 4 is 17.9 Å². The number of amides is 3. The van der Waals surface area contributed by atoms with Gasteiger partial charge in [-0.2, -0.15) is 0 Å². The standard InChI is InChI=1S/C10H16N6O4/c11-8(17)6-15(7-9(18)19)10(20)12-2-1-4-16-5-3-13-14-16/h3,5H,1-2,4,6-7H2,(H2,11,17)(H,12,20)(H,18,19). The number of carbonyl (C=O) groups excluding carboxylic acids is 2. The van der Waals surface area contributed by atoms with E-state index in [1.54, 1.807) is 17.1 Å². The van der Waals surface area contributed by atoms with E-state index in [0.29, 0.717) is 19.5 Å². The fourth-order valence-corrected chi connectivity index (χ4v) is 1.45. The van der Waals surface area contributed by atoms with Crippen molar-refractivity contribution in [1.82, 2.24) is 25.2 Å². The minimum Gasteiger partial charge on any atom is -0.480 e. The molecular weight excluding hydrogens is 268 g/mol. The number of carbonyl (C=O) groups is 3. The highest BCUT2D eigenvalue weighted by Gasteiger charge is 2.18. The van der Waals surface area contributed by atoms with Crippen molar-refractivity contribution in [3.05, 3.63) is 12.4 Å². The fraction of sp³-hybridized carbons (Fsp3) is 0.500. The Kier molecular flexibility index (Phi) is 5.94. The number of hydrogen-bond donors (Lipinski definition) is 3. The molecule has 10 nitrogen and oxygen atoms in total. The Morgan fingerprint density at radius 3 is 2.65 bits per heavy atom. The van der Waals surface area contributed by atoms with E-state index in [9.17, 15) is 14.4 Å². The summed E-state index contributed by atoms with van der Waals surface area (Å²) in [5.41, 5.74) is 4.95. The van der Waals surface area contributed by atoms with E-state index >= 15 is 0 Å². The van der Waals surface area contributed by atoms with E-state index in [-0.39, 0.29) is 0 Å². The molecular formula is C10H16N6O4. The predicted octanol–water partition coefficient (Wildman–Crippen LogP) is -1.75. The molecule has 0 aromatic carbocycles. The number of aliphatic carboxylic acids is 1. The quantitative estimate of drug-likeness (QED) is 0.483. The second kappa shape index (κ2) is 7.71. The molecule has 0 spiro atoms. The Labute approximate surface area is 114 Å². The number of carboxylic acid groups (broad SMARTS) is 1. The van der Waals surface area contributed by atoms with Crippen LogP contribution < -0.4 is 11.1 Å². The van der Waals surface area contributed by atoms with Crippen LogP contribution in [0.15, 0.2) is 12.4 Å². The second-order valence-electron chi connectivity index (χ2n) is 3.97. The summed E-state index contributed by atoms with van der Waals surface area (Å²) in [6.45, 7) is -0.151. The largest absolute Gasteiger partial charge is 0.480 e. The number of nitrogens with two attached hydrogens (primary N) is 1. The molecule has 4 N–H and O–H groups in total. The number of nitrogens with one attached hydrogen (secondary N) is 1. The SMILES string of the molecule is NC(=O)CN(CC(=O)O)C(=O)NCCCn1ccnn1. The summed E-state index contributed by atoms with van der Waals surface area (Å²) in [5.74, 6) is -1.99. The van der Waals surface area contributed by atoms with Gasteiger partial charge in [0.2, 0.25) is 5.91 Å². The maximum absolute atomic E-state index is 11.7. The monoisotopic (exact) mass is 284 g/mol. The lowest BCUT2D eigenvalue weighted by Crippen LogP contribution is -2.46. The number of aromatic nitrogens is 3. The maximum atomic E-state index is 11.7. The molecule has 0 fully saturated rings. The highest BCUT2D eigenvalue weighted by Crippen LogP contribution is 1.91. The van der Waals surface area contributed by atoms with Crippen LogP contribution in [0.5, 0.6) is 0 Å². The molecule has 1 heterocycles. The topological polar surface area (TPSA) is 143 Å². The highest BCUT2D eigenvalue weighted by molar-refractivity contribution is 5.85. The lowest BCUT2D eigenvalue weighted by atomic mass is 10.4. The van der Waals surface area contributed by atoms with Crippen LogP contribution in [0.2, 0.25) is 0 Å². The smallest absolute Gasteiger partial charge is 0.323 e. The van der Waals surface area contributed by atoms with Crippen LogP contribution in [-0.2, 0) is 16.1 Å². The van der Waals surface area contributed by atoms with Gasteiger partial charge in [-0.25, -0.2) is 4.79 Å². The van der Waals surface area contributed by atoms with Gasteiger partial charge in [-0.3, -0.25) is 14.3 Å². The van der Waals surface area contributed by atoms with Crippen LogP contribution in [0, 0.1) is 0 Å². The van der Waals surface area contributed by atoms with E-state index in [1.165, 1.54) is 0 Å². The molecule has 110 valence electrons. The molecule has 0 saturated heterocycles. The van der Waals surface area contributed by atoms with Gasteiger partial charge in [-0.15, -0.1) is 5.10 Å². The second-order valence-corrected chi connectivity index (χ2v) is 3.97. The Morgan fingerprint density at radius 2 is 2.10 bits per heavy atom. The van der Waals surface area contributed by atoms with E-state index in [1.807, 2.05) is 0 Å². The van der Waals surface area contributed by atoms with Crippen LogP contribution in [0.25, 0.3) is 0 Å². The van der Waals surface area contributed by atoms with Gasteiger partial charge in [0.25, 0.3) is 0 Å². The average Bonchev–Trinajstić information content (AvgIpc) is 2.85. The molecule has 0 radical (unpaired) electrons. The molecule has 1 rings (SSSR count). The van der Waals surface area contributed by atoms with E-state index in [4.69, 9.17) is 10.8 Å². The number of rotatable bonds is 8. The first-order valence-electron chi connectivity index (χ1n) is 5.86. The van der Waals surface area contributed by atoms with E-state index < -0.39 is 31.0 Å². The Balaban J connectivity index is 2.33. The van der Waals surface area contributed by atoms with Crippen molar-refractivity contribution in [3.63, 3.8) is 0 Å². The number of urea groups is 1. The Bertz CT molecular complexity index is 444. The summed E-state index contributed by atoms with van der Waals surface area (Å²) in [6.07, 6.45) is 3.82. The summed E-state index contributed by atoms with van der Waals surface area (Å²) >= 11 is 0. The first-order chi connectivity index (χ1) is 9.49. The Morgan fingerprint density at radius 1 is 1.35 bits per heavy atom. The van der Waals surface area contributed by atoms with Crippen molar-refractivity contribution in [2.45, 2.75) is 13.0 Å². The third-order valence-electron chi connectivity index (χ3n) is 2.27. The molecule has 0 aliphatic rings. The summed E-state index contributed by atoms with van der Waals surface area (Å²) in [5, 5.41) is 18.5. The van der Waals surface area contributed by atoms with Crippen LogP contribution in [0.3, 0.4) is 0 Å². The molecule has 0 aliphatic carbocycles. The number of hydrogen-bond acceptors (Lipinski definition) is 5. The Hall–Kier alpha value is -2.65. The third-order valence-corrected chi connectivity index (χ3v) is 2.27.